The number of alkyl halides is 5. The van der Waals surface area contributed by atoms with Crippen molar-refractivity contribution in [2.45, 2.75) is 19.0 Å². The predicted octanol–water partition coefficient (Wildman–Crippen LogP) is 2.12. The number of aromatic nitrogens is 1. The third-order valence-electron chi connectivity index (χ3n) is 2.31. The van der Waals surface area contributed by atoms with Gasteiger partial charge in [0, 0.05) is 0 Å². The van der Waals surface area contributed by atoms with E-state index in [0.29, 0.717) is 6.07 Å². The molecule has 1 N–H and O–H groups in total. The van der Waals surface area contributed by atoms with Gasteiger partial charge < -0.3 is 9.72 Å². The lowest BCUT2D eigenvalue weighted by Crippen LogP contribution is -2.37. The molecule has 0 aliphatic carbocycles. The smallest absolute Gasteiger partial charge is 0.459 e. The minimum Gasteiger partial charge on any atom is -0.465 e. The summed E-state index contributed by atoms with van der Waals surface area (Å²) in [6.45, 7) is 0.914. The van der Waals surface area contributed by atoms with Crippen LogP contribution >= 0.6 is 0 Å². The van der Waals surface area contributed by atoms with Crippen LogP contribution in [-0.2, 0) is 10.7 Å². The molecule has 0 saturated heterocycles. The van der Waals surface area contributed by atoms with Gasteiger partial charge in [0.2, 0.25) is 0 Å². The van der Waals surface area contributed by atoms with Crippen LogP contribution in [0.2, 0.25) is 0 Å². The number of aryl methyl sites for hydroxylation is 1. The molecule has 4 nitrogen and oxygen atoms in total. The van der Waals surface area contributed by atoms with Gasteiger partial charge in [0.1, 0.15) is 11.3 Å². The summed E-state index contributed by atoms with van der Waals surface area (Å²) in [4.78, 5) is 23.8. The Kier molecular flexibility index (Phi) is 3.69. The molecular weight excluding hydrogens is 277 g/mol. The maximum absolute atomic E-state index is 13.1. The lowest BCUT2D eigenvalue weighted by Gasteiger charge is -2.21. The number of aromatic amines is 1. The van der Waals surface area contributed by atoms with Gasteiger partial charge in [0.15, 0.2) is 0 Å². The Morgan fingerprint density at radius 1 is 1.26 bits per heavy atom. The van der Waals surface area contributed by atoms with Gasteiger partial charge in [0.05, 0.1) is 7.11 Å². The number of carbonyl (C=O) groups is 1. The fourth-order valence-corrected chi connectivity index (χ4v) is 1.36. The van der Waals surface area contributed by atoms with Gasteiger partial charge in [-0.1, -0.05) is 0 Å². The molecule has 0 radical (unpaired) electrons. The zero-order valence-electron chi connectivity index (χ0n) is 9.69. The van der Waals surface area contributed by atoms with Crippen molar-refractivity contribution in [1.29, 1.82) is 0 Å². The molecule has 1 aromatic rings. The first-order valence-electron chi connectivity index (χ1n) is 4.79. The van der Waals surface area contributed by atoms with Crippen molar-refractivity contribution >= 4 is 5.97 Å². The summed E-state index contributed by atoms with van der Waals surface area (Å²) in [7, 11) is 0.940. The maximum atomic E-state index is 13.1. The second-order valence-electron chi connectivity index (χ2n) is 3.63. The Morgan fingerprint density at radius 3 is 2.21 bits per heavy atom. The van der Waals surface area contributed by atoms with Gasteiger partial charge >= 0.3 is 18.1 Å². The first-order valence-corrected chi connectivity index (χ1v) is 4.79. The zero-order valence-corrected chi connectivity index (χ0v) is 9.69. The Labute approximate surface area is 103 Å². The fourth-order valence-electron chi connectivity index (χ4n) is 1.36. The fraction of sp³-hybridized carbons (Fsp3) is 0.400. The first kappa shape index (κ1) is 15.1. The molecule has 0 bridgehead atoms. The van der Waals surface area contributed by atoms with Crippen molar-refractivity contribution in [3.05, 3.63) is 33.2 Å². The highest BCUT2D eigenvalue weighted by atomic mass is 19.4. The highest BCUT2D eigenvalue weighted by Gasteiger charge is 2.60. The van der Waals surface area contributed by atoms with Crippen molar-refractivity contribution in [3.63, 3.8) is 0 Å². The summed E-state index contributed by atoms with van der Waals surface area (Å²) in [6, 6.07) is 0.625. The van der Waals surface area contributed by atoms with E-state index in [4.69, 9.17) is 0 Å². The van der Waals surface area contributed by atoms with Gasteiger partial charge in [-0.3, -0.25) is 4.79 Å². The molecule has 9 heteroatoms. The van der Waals surface area contributed by atoms with Crippen molar-refractivity contribution in [2.24, 2.45) is 0 Å². The van der Waals surface area contributed by atoms with Crippen molar-refractivity contribution < 1.29 is 31.5 Å². The predicted molar refractivity (Wildman–Crippen MR) is 53.1 cm³/mol. The second kappa shape index (κ2) is 4.63. The highest BCUT2D eigenvalue weighted by Crippen LogP contribution is 2.43. The molecule has 0 aliphatic rings. The van der Waals surface area contributed by atoms with Gasteiger partial charge in [0.25, 0.3) is 5.56 Å². The van der Waals surface area contributed by atoms with Crippen LogP contribution in [0.3, 0.4) is 0 Å². The van der Waals surface area contributed by atoms with Gasteiger partial charge in [-0.25, -0.2) is 4.79 Å². The average molecular weight is 285 g/mol. The largest absolute Gasteiger partial charge is 0.465 e. The molecule has 19 heavy (non-hydrogen) atoms. The molecule has 106 valence electrons. The molecule has 1 aromatic heterocycles. The minimum atomic E-state index is -5.85. The van der Waals surface area contributed by atoms with Crippen LogP contribution in [-0.4, -0.2) is 24.2 Å². The normalized spacial score (nSPS) is 12.4. The Hall–Kier alpha value is -1.93. The zero-order chi connectivity index (χ0) is 15.0. The summed E-state index contributed by atoms with van der Waals surface area (Å²) in [6.07, 6.45) is -5.85. The van der Waals surface area contributed by atoms with Crippen LogP contribution in [0.25, 0.3) is 0 Å². The van der Waals surface area contributed by atoms with Crippen molar-refractivity contribution in [2.75, 3.05) is 7.11 Å². The number of H-pyrrole nitrogens is 1. The molecular formula is C10H8F5NO3. The van der Waals surface area contributed by atoms with Gasteiger partial charge in [-0.15, -0.1) is 0 Å². The van der Waals surface area contributed by atoms with E-state index in [2.05, 4.69) is 4.74 Å². The molecule has 0 aliphatic heterocycles. The molecule has 0 aromatic carbocycles. The number of esters is 1. The first-order chi connectivity index (χ1) is 8.52. The second-order valence-corrected chi connectivity index (χ2v) is 3.63. The van der Waals surface area contributed by atoms with E-state index in [9.17, 15) is 31.5 Å². The highest BCUT2D eigenvalue weighted by molar-refractivity contribution is 5.89. The van der Waals surface area contributed by atoms with Gasteiger partial charge in [-0.2, -0.15) is 22.0 Å². The number of nitrogens with one attached hydrogen (secondary N) is 1. The van der Waals surface area contributed by atoms with E-state index >= 15 is 0 Å². The Bertz CT molecular complexity index is 561. The lowest BCUT2D eigenvalue weighted by molar-refractivity contribution is -0.291. The number of pyridine rings is 1. The SMILES string of the molecule is COC(=O)c1cc(C)c(C(F)(F)C(F)(F)F)[nH]c1=O. The maximum Gasteiger partial charge on any atom is 0.459 e. The van der Waals surface area contributed by atoms with Crippen LogP contribution in [0.15, 0.2) is 10.9 Å². The summed E-state index contributed by atoms with van der Waals surface area (Å²) in [5.74, 6) is -6.35. The lowest BCUT2D eigenvalue weighted by atomic mass is 10.1. The molecule has 1 rings (SSSR count). The Morgan fingerprint density at radius 2 is 1.79 bits per heavy atom. The number of rotatable bonds is 2. The third-order valence-corrected chi connectivity index (χ3v) is 2.31. The molecule has 1 heterocycles. The van der Waals surface area contributed by atoms with E-state index in [1.807, 2.05) is 0 Å². The third kappa shape index (κ3) is 2.59. The van der Waals surface area contributed by atoms with E-state index in [-0.39, 0.29) is 0 Å². The standard InChI is InChI=1S/C10H8F5NO3/c1-4-3-5(8(18)19-2)7(17)16-6(4)9(11,12)10(13,14)15/h3H,1-2H3,(H,16,17). The quantitative estimate of drug-likeness (QED) is 0.669. The summed E-state index contributed by atoms with van der Waals surface area (Å²) in [5.41, 5.74) is -4.21. The van der Waals surface area contributed by atoms with Crippen molar-refractivity contribution in [1.82, 2.24) is 4.98 Å². The van der Waals surface area contributed by atoms with Crippen LogP contribution in [0.5, 0.6) is 0 Å². The summed E-state index contributed by atoms with van der Waals surface area (Å²) < 4.78 is 67.0. The Balaban J connectivity index is 3.47. The molecule has 0 spiro atoms. The molecule has 0 saturated carbocycles. The summed E-state index contributed by atoms with van der Waals surface area (Å²) >= 11 is 0. The molecule has 0 atom stereocenters. The molecule has 0 unspecified atom stereocenters. The summed E-state index contributed by atoms with van der Waals surface area (Å²) in [5, 5.41) is 0. The van der Waals surface area contributed by atoms with E-state index < -0.39 is 40.4 Å². The van der Waals surface area contributed by atoms with Crippen LogP contribution in [0.4, 0.5) is 22.0 Å². The van der Waals surface area contributed by atoms with E-state index in [0.717, 1.165) is 14.0 Å². The van der Waals surface area contributed by atoms with Crippen LogP contribution < -0.4 is 5.56 Å². The molecule has 0 amide bonds. The minimum absolute atomic E-state index is 0.581. The average Bonchev–Trinajstić information content (AvgIpc) is 2.28. The monoisotopic (exact) mass is 285 g/mol. The number of carbonyl (C=O) groups excluding carboxylic acids is 1. The van der Waals surface area contributed by atoms with Crippen LogP contribution in [0.1, 0.15) is 21.6 Å². The van der Waals surface area contributed by atoms with Crippen molar-refractivity contribution in [3.8, 4) is 0 Å². The topological polar surface area (TPSA) is 59.2 Å². The number of hydrogen-bond acceptors (Lipinski definition) is 3. The van der Waals surface area contributed by atoms with Crippen LogP contribution in [0, 0.1) is 6.92 Å². The van der Waals surface area contributed by atoms with E-state index in [1.54, 1.807) is 0 Å². The number of ether oxygens (including phenoxy) is 1. The number of methoxy groups -OCH3 is 1. The number of halogens is 5. The molecule has 0 fully saturated rings. The van der Waals surface area contributed by atoms with Gasteiger partial charge in [-0.05, 0) is 18.6 Å². The number of hydrogen-bond donors (Lipinski definition) is 1. The van der Waals surface area contributed by atoms with E-state index in [1.165, 1.54) is 4.98 Å².